The van der Waals surface area contributed by atoms with Gasteiger partial charge in [0.25, 0.3) is 0 Å². The summed E-state index contributed by atoms with van der Waals surface area (Å²) in [7, 11) is 0. The van der Waals surface area contributed by atoms with Gasteiger partial charge >= 0.3 is 0 Å². The molecule has 17 heavy (non-hydrogen) atoms. The molecule has 1 aromatic carbocycles. The molecule has 1 rings (SSSR count). The Hall–Kier alpha value is -1.13. The molecule has 94 valence electrons. The highest BCUT2D eigenvalue weighted by molar-refractivity contribution is 6.30. The summed E-state index contributed by atoms with van der Waals surface area (Å²) in [5.41, 5.74) is -0.362. The average molecular weight is 259 g/mol. The Morgan fingerprint density at radius 2 is 2.06 bits per heavy atom. The first kappa shape index (κ1) is 13.9. The van der Waals surface area contributed by atoms with Crippen molar-refractivity contribution in [2.75, 3.05) is 11.9 Å². The molecule has 0 unspecified atom stereocenters. The van der Waals surface area contributed by atoms with Gasteiger partial charge in [0.1, 0.15) is 5.82 Å². The molecule has 2 N–H and O–H groups in total. The second-order valence-corrected chi connectivity index (χ2v) is 4.70. The zero-order valence-electron chi connectivity index (χ0n) is 10.1. The molecule has 0 spiro atoms. The van der Waals surface area contributed by atoms with E-state index < -0.39 is 11.4 Å². The van der Waals surface area contributed by atoms with Crippen molar-refractivity contribution in [3.63, 3.8) is 0 Å². The van der Waals surface area contributed by atoms with E-state index in [2.05, 4.69) is 10.6 Å². The Labute approximate surface area is 105 Å². The molecule has 0 fully saturated rings. The van der Waals surface area contributed by atoms with Crippen molar-refractivity contribution < 1.29 is 9.18 Å². The number of hydrogen-bond acceptors (Lipinski definition) is 2. The number of nitrogens with one attached hydrogen (secondary N) is 2. The van der Waals surface area contributed by atoms with Crippen molar-refractivity contribution in [2.45, 2.75) is 26.3 Å². The first-order valence-corrected chi connectivity index (χ1v) is 5.75. The van der Waals surface area contributed by atoms with Crippen LogP contribution in [0.25, 0.3) is 0 Å². The number of hydrogen-bond donors (Lipinski definition) is 2. The van der Waals surface area contributed by atoms with E-state index >= 15 is 0 Å². The molecule has 3 nitrogen and oxygen atoms in total. The second kappa shape index (κ2) is 5.47. The van der Waals surface area contributed by atoms with Crippen LogP contribution in [0.3, 0.4) is 0 Å². The summed E-state index contributed by atoms with van der Waals surface area (Å²) in [5.74, 6) is -0.713. The number of amides is 1. The van der Waals surface area contributed by atoms with Crippen LogP contribution in [0, 0.1) is 5.82 Å². The minimum atomic E-state index is -0.715. The Kier molecular flexibility index (Phi) is 4.48. The minimum Gasteiger partial charge on any atom is -0.324 e. The molecule has 0 heterocycles. The van der Waals surface area contributed by atoms with Gasteiger partial charge in [-0.3, -0.25) is 4.79 Å². The molecule has 0 bridgehead atoms. The Bertz CT molecular complexity index is 401. The highest BCUT2D eigenvalue weighted by atomic mass is 35.5. The van der Waals surface area contributed by atoms with Gasteiger partial charge in [-0.15, -0.1) is 0 Å². The number of benzene rings is 1. The lowest BCUT2D eigenvalue weighted by atomic mass is 10.0. The van der Waals surface area contributed by atoms with Crippen LogP contribution < -0.4 is 10.6 Å². The van der Waals surface area contributed by atoms with E-state index in [1.165, 1.54) is 18.2 Å². The maximum atomic E-state index is 13.1. The lowest BCUT2D eigenvalue weighted by Crippen LogP contribution is -2.49. The third-order valence-electron chi connectivity index (χ3n) is 2.31. The third kappa shape index (κ3) is 3.98. The van der Waals surface area contributed by atoms with E-state index in [1.807, 2.05) is 6.92 Å². The second-order valence-electron chi connectivity index (χ2n) is 4.27. The van der Waals surface area contributed by atoms with Crippen molar-refractivity contribution in [1.82, 2.24) is 5.32 Å². The zero-order chi connectivity index (χ0) is 13.1. The molecule has 0 aliphatic rings. The molecule has 0 radical (unpaired) electrons. The maximum Gasteiger partial charge on any atom is 0.244 e. The van der Waals surface area contributed by atoms with Crippen LogP contribution >= 0.6 is 11.6 Å². The molecule has 1 amide bonds. The SMILES string of the molecule is CCNC(C)(C)C(=O)Nc1cc(F)cc(Cl)c1. The summed E-state index contributed by atoms with van der Waals surface area (Å²) >= 11 is 5.70. The van der Waals surface area contributed by atoms with E-state index in [0.29, 0.717) is 12.2 Å². The quantitative estimate of drug-likeness (QED) is 0.872. The van der Waals surface area contributed by atoms with Crippen LogP contribution in [0.5, 0.6) is 0 Å². The van der Waals surface area contributed by atoms with Gasteiger partial charge < -0.3 is 10.6 Å². The van der Waals surface area contributed by atoms with Gasteiger partial charge in [0, 0.05) is 10.7 Å². The van der Waals surface area contributed by atoms with E-state index in [0.717, 1.165) is 0 Å². The van der Waals surface area contributed by atoms with E-state index in [4.69, 9.17) is 11.6 Å². The molecule has 0 aromatic heterocycles. The van der Waals surface area contributed by atoms with Crippen LogP contribution in [0.1, 0.15) is 20.8 Å². The molecule has 0 atom stereocenters. The number of likely N-dealkylation sites (N-methyl/N-ethyl adjacent to an activating group) is 1. The molecule has 0 aliphatic carbocycles. The van der Waals surface area contributed by atoms with Crippen molar-refractivity contribution in [2.24, 2.45) is 0 Å². The highest BCUT2D eigenvalue weighted by Crippen LogP contribution is 2.19. The predicted molar refractivity (Wildman–Crippen MR) is 67.8 cm³/mol. The number of carbonyl (C=O) groups excluding carboxylic acids is 1. The van der Waals surface area contributed by atoms with Crippen molar-refractivity contribution in [1.29, 1.82) is 0 Å². The largest absolute Gasteiger partial charge is 0.324 e. The third-order valence-corrected chi connectivity index (χ3v) is 2.53. The summed E-state index contributed by atoms with van der Waals surface area (Å²) in [6, 6.07) is 3.92. The zero-order valence-corrected chi connectivity index (χ0v) is 10.9. The lowest BCUT2D eigenvalue weighted by molar-refractivity contribution is -0.121. The van der Waals surface area contributed by atoms with Crippen LogP contribution in [0.2, 0.25) is 5.02 Å². The summed E-state index contributed by atoms with van der Waals surface area (Å²) in [5, 5.41) is 5.91. The van der Waals surface area contributed by atoms with Gasteiger partial charge in [-0.25, -0.2) is 4.39 Å². The predicted octanol–water partition coefficient (Wildman–Crippen LogP) is 2.81. The average Bonchev–Trinajstić information content (AvgIpc) is 2.15. The van der Waals surface area contributed by atoms with Gasteiger partial charge in [-0.05, 0) is 38.6 Å². The fraction of sp³-hybridized carbons (Fsp3) is 0.417. The Morgan fingerprint density at radius 1 is 1.41 bits per heavy atom. The number of carbonyl (C=O) groups is 1. The van der Waals surface area contributed by atoms with Crippen LogP contribution in [0.15, 0.2) is 18.2 Å². The fourth-order valence-electron chi connectivity index (χ4n) is 1.44. The van der Waals surface area contributed by atoms with Crippen LogP contribution in [0.4, 0.5) is 10.1 Å². The molecule has 5 heteroatoms. The molecule has 0 saturated heterocycles. The lowest BCUT2D eigenvalue weighted by Gasteiger charge is -2.24. The van der Waals surface area contributed by atoms with Gasteiger partial charge in [-0.2, -0.15) is 0 Å². The first-order valence-electron chi connectivity index (χ1n) is 5.37. The van der Waals surface area contributed by atoms with E-state index in [9.17, 15) is 9.18 Å². The smallest absolute Gasteiger partial charge is 0.244 e. The standard InChI is InChI=1S/C12H16ClFN2O/c1-4-15-12(2,3)11(17)16-10-6-8(13)5-9(14)7-10/h5-7,15H,4H2,1-3H3,(H,16,17). The molecular formula is C12H16ClFN2O. The van der Waals surface area contributed by atoms with Crippen LogP contribution in [-0.4, -0.2) is 18.0 Å². The Balaban J connectivity index is 2.80. The van der Waals surface area contributed by atoms with Crippen molar-refractivity contribution in [3.05, 3.63) is 29.0 Å². The molecular weight excluding hydrogens is 243 g/mol. The number of halogens is 2. The van der Waals surface area contributed by atoms with Crippen molar-refractivity contribution in [3.8, 4) is 0 Å². The molecule has 1 aromatic rings. The number of anilines is 1. The summed E-state index contributed by atoms with van der Waals surface area (Å²) < 4.78 is 13.1. The van der Waals surface area contributed by atoms with Crippen LogP contribution in [-0.2, 0) is 4.79 Å². The maximum absolute atomic E-state index is 13.1. The van der Waals surface area contributed by atoms with Crippen molar-refractivity contribution >= 4 is 23.2 Å². The topological polar surface area (TPSA) is 41.1 Å². The minimum absolute atomic E-state index is 0.235. The van der Waals surface area contributed by atoms with Gasteiger partial charge in [0.2, 0.25) is 5.91 Å². The highest BCUT2D eigenvalue weighted by Gasteiger charge is 2.26. The van der Waals surface area contributed by atoms with E-state index in [1.54, 1.807) is 13.8 Å². The summed E-state index contributed by atoms with van der Waals surface area (Å²) in [6.45, 7) is 6.10. The summed E-state index contributed by atoms with van der Waals surface area (Å²) in [6.07, 6.45) is 0. The molecule has 0 saturated carbocycles. The monoisotopic (exact) mass is 258 g/mol. The summed E-state index contributed by atoms with van der Waals surface area (Å²) in [4.78, 5) is 11.9. The number of rotatable bonds is 4. The molecule has 0 aliphatic heterocycles. The first-order chi connectivity index (χ1) is 7.85. The normalized spacial score (nSPS) is 11.4. The van der Waals surface area contributed by atoms with Gasteiger partial charge in [0.05, 0.1) is 5.54 Å². The Morgan fingerprint density at radius 3 is 2.59 bits per heavy atom. The fourth-order valence-corrected chi connectivity index (χ4v) is 1.66. The van der Waals surface area contributed by atoms with E-state index in [-0.39, 0.29) is 10.9 Å². The van der Waals surface area contributed by atoms with Gasteiger partial charge in [0.15, 0.2) is 0 Å². The van der Waals surface area contributed by atoms with Gasteiger partial charge in [-0.1, -0.05) is 18.5 Å².